The van der Waals surface area contributed by atoms with Crippen molar-refractivity contribution < 1.29 is 9.90 Å². The molecule has 0 unspecified atom stereocenters. The Labute approximate surface area is 304 Å². The minimum atomic E-state index is -0.421. The zero-order valence-electron chi connectivity index (χ0n) is 28.4. The molecule has 2 aliphatic rings. The van der Waals surface area contributed by atoms with Gasteiger partial charge >= 0.3 is 6.03 Å². The number of aromatic nitrogens is 3. The first-order valence-corrected chi connectivity index (χ1v) is 18.8. The van der Waals surface area contributed by atoms with E-state index in [1.165, 1.54) is 16.9 Å². The van der Waals surface area contributed by atoms with Crippen LogP contribution in [0.2, 0.25) is 5.15 Å². The van der Waals surface area contributed by atoms with E-state index in [2.05, 4.69) is 76.3 Å². The summed E-state index contributed by atoms with van der Waals surface area (Å²) in [5.41, 5.74) is 7.23. The van der Waals surface area contributed by atoms with Gasteiger partial charge in [-0.15, -0.1) is 11.3 Å². The first-order valence-electron chi connectivity index (χ1n) is 16.8. The van der Waals surface area contributed by atoms with Gasteiger partial charge in [-0.1, -0.05) is 61.9 Å². The fraction of sp³-hybridized carbons (Fsp3) is 0.316. The van der Waals surface area contributed by atoms with Crippen LogP contribution in [0.3, 0.4) is 0 Å². The van der Waals surface area contributed by atoms with Crippen LogP contribution in [-0.2, 0) is 5.41 Å². The minimum absolute atomic E-state index is 0.201. The molecule has 1 saturated heterocycles. The van der Waals surface area contributed by atoms with Gasteiger partial charge in [-0.2, -0.15) is 0 Å². The maximum atomic E-state index is 13.4. The lowest BCUT2D eigenvalue weighted by molar-refractivity contribution is 0.125. The number of carbonyl (C=O) groups excluding carboxylic acids is 1. The van der Waals surface area contributed by atoms with Gasteiger partial charge in [0.25, 0.3) is 0 Å². The number of likely N-dealkylation sites (tertiary alicyclic amines) is 1. The Hall–Kier alpha value is -4.29. The van der Waals surface area contributed by atoms with E-state index >= 15 is 0 Å². The van der Waals surface area contributed by atoms with Gasteiger partial charge < -0.3 is 20.2 Å². The van der Waals surface area contributed by atoms with E-state index in [1.54, 1.807) is 29.5 Å². The third kappa shape index (κ3) is 6.17. The molecule has 5 heterocycles. The van der Waals surface area contributed by atoms with Crippen molar-refractivity contribution in [3.8, 4) is 16.3 Å². The van der Waals surface area contributed by atoms with Crippen LogP contribution >= 0.6 is 34.3 Å². The SMILES string of the molecule is Cc1ccc2sc(-c3ccc(O)c4c3C3(CCN(CC(C)(C)C)CC3)CN4c3ccccc3NC(=O)Nc3nc4ccc(Cl)nc4s3)nc2c1. The number of benzene rings is 3. The van der Waals surface area contributed by atoms with E-state index in [1.807, 2.05) is 30.3 Å². The molecule has 2 amide bonds. The van der Waals surface area contributed by atoms with Crippen LogP contribution in [0.1, 0.15) is 44.7 Å². The van der Waals surface area contributed by atoms with Crippen molar-refractivity contribution >= 4 is 83.1 Å². The summed E-state index contributed by atoms with van der Waals surface area (Å²) >= 11 is 9.02. The molecule has 50 heavy (non-hydrogen) atoms. The molecule has 6 aromatic rings. The molecule has 1 spiro atoms. The summed E-state index contributed by atoms with van der Waals surface area (Å²) in [6.45, 7) is 12.6. The number of halogens is 1. The van der Waals surface area contributed by atoms with Crippen LogP contribution in [0.5, 0.6) is 5.75 Å². The Bertz CT molecular complexity index is 2270. The summed E-state index contributed by atoms with van der Waals surface area (Å²) in [6, 6.07) is 21.0. The van der Waals surface area contributed by atoms with Gasteiger partial charge in [0.05, 0.1) is 27.3 Å². The number of thiazole rings is 2. The van der Waals surface area contributed by atoms with Crippen molar-refractivity contribution in [3.05, 3.63) is 83.0 Å². The molecule has 12 heteroatoms. The van der Waals surface area contributed by atoms with Gasteiger partial charge in [0.15, 0.2) is 5.13 Å². The van der Waals surface area contributed by atoms with Crippen molar-refractivity contribution in [2.75, 3.05) is 41.7 Å². The highest BCUT2D eigenvalue weighted by Crippen LogP contribution is 2.57. The van der Waals surface area contributed by atoms with E-state index < -0.39 is 6.03 Å². The number of hydrogen-bond donors (Lipinski definition) is 3. The molecule has 9 nitrogen and oxygen atoms in total. The van der Waals surface area contributed by atoms with Crippen LogP contribution in [0, 0.1) is 12.3 Å². The summed E-state index contributed by atoms with van der Waals surface area (Å²) in [5.74, 6) is 0.217. The predicted octanol–water partition coefficient (Wildman–Crippen LogP) is 9.81. The van der Waals surface area contributed by atoms with Crippen LogP contribution in [0.4, 0.5) is 27.0 Å². The van der Waals surface area contributed by atoms with Crippen LogP contribution in [0.15, 0.2) is 66.7 Å². The van der Waals surface area contributed by atoms with Crippen molar-refractivity contribution in [3.63, 3.8) is 0 Å². The molecule has 3 aromatic carbocycles. The number of urea groups is 1. The topological polar surface area (TPSA) is 107 Å². The number of carbonyl (C=O) groups is 1. The number of rotatable bonds is 5. The van der Waals surface area contributed by atoms with Crippen molar-refractivity contribution in [1.29, 1.82) is 0 Å². The monoisotopic (exact) mass is 723 g/mol. The Kier molecular flexibility index (Phi) is 8.21. The minimum Gasteiger partial charge on any atom is -0.506 e. The zero-order chi connectivity index (χ0) is 34.8. The lowest BCUT2D eigenvalue weighted by Crippen LogP contribution is -2.47. The standard InChI is InChI=1S/C38H38ClN7O2S2/c1-22-9-13-29-26(19-22)40-33(49-29)23-10-12-28(47)32-31(23)38(15-17-45(18-16-38)20-37(2,3)4)21-46(32)27-8-6-5-7-24(27)41-35(48)44-36-42-25-11-14-30(39)43-34(25)50-36/h5-14,19,47H,15-18,20-21H2,1-4H3,(H2,41,42,44,48). The number of phenols is 1. The Balaban J connectivity index is 1.18. The summed E-state index contributed by atoms with van der Waals surface area (Å²) in [6.07, 6.45) is 1.89. The molecule has 0 saturated carbocycles. The maximum Gasteiger partial charge on any atom is 0.325 e. The molecule has 256 valence electrons. The lowest BCUT2D eigenvalue weighted by atomic mass is 9.72. The van der Waals surface area contributed by atoms with Crippen LogP contribution in [-0.4, -0.2) is 57.2 Å². The second-order valence-electron chi connectivity index (χ2n) is 14.6. The lowest BCUT2D eigenvalue weighted by Gasteiger charge is -2.42. The fourth-order valence-corrected chi connectivity index (χ4v) is 9.53. The quantitative estimate of drug-likeness (QED) is 0.152. The molecule has 0 atom stereocenters. The number of hydrogen-bond acceptors (Lipinski definition) is 9. The predicted molar refractivity (Wildman–Crippen MR) is 207 cm³/mol. The highest BCUT2D eigenvalue weighted by Gasteiger charge is 2.49. The van der Waals surface area contributed by atoms with E-state index in [-0.39, 0.29) is 16.6 Å². The van der Waals surface area contributed by atoms with E-state index in [9.17, 15) is 9.90 Å². The first-order chi connectivity index (χ1) is 23.9. The van der Waals surface area contributed by atoms with Gasteiger partial charge in [-0.3, -0.25) is 5.32 Å². The van der Waals surface area contributed by atoms with Gasteiger partial charge in [-0.05, 0) is 97.9 Å². The van der Waals surface area contributed by atoms with E-state index in [0.29, 0.717) is 32.9 Å². The van der Waals surface area contributed by atoms with Crippen molar-refractivity contribution in [2.45, 2.75) is 46.0 Å². The van der Waals surface area contributed by atoms with Crippen LogP contribution < -0.4 is 15.5 Å². The molecular weight excluding hydrogens is 686 g/mol. The van der Waals surface area contributed by atoms with Crippen molar-refractivity contribution in [1.82, 2.24) is 19.9 Å². The molecule has 8 rings (SSSR count). The largest absolute Gasteiger partial charge is 0.506 e. The van der Waals surface area contributed by atoms with E-state index in [0.717, 1.165) is 70.2 Å². The molecule has 0 radical (unpaired) electrons. The number of fused-ring (bicyclic) bond motifs is 4. The second-order valence-corrected chi connectivity index (χ2v) is 17.0. The number of pyridine rings is 1. The van der Waals surface area contributed by atoms with Gasteiger partial charge in [-0.25, -0.2) is 19.7 Å². The summed E-state index contributed by atoms with van der Waals surface area (Å²) in [5, 5.41) is 19.4. The number of amides is 2. The third-order valence-corrected chi connectivity index (χ3v) is 11.7. The average molecular weight is 724 g/mol. The fourth-order valence-electron chi connectivity index (χ4n) is 7.52. The van der Waals surface area contributed by atoms with Crippen LogP contribution in [0.25, 0.3) is 31.1 Å². The number of aryl methyl sites for hydroxylation is 1. The zero-order valence-corrected chi connectivity index (χ0v) is 30.8. The van der Waals surface area contributed by atoms with Gasteiger partial charge in [0.2, 0.25) is 0 Å². The Morgan fingerprint density at radius 3 is 2.56 bits per heavy atom. The summed E-state index contributed by atoms with van der Waals surface area (Å²) < 4.78 is 1.14. The molecule has 3 aromatic heterocycles. The first kappa shape index (κ1) is 32.9. The normalized spacial score (nSPS) is 16.0. The number of anilines is 4. The number of nitrogens with one attached hydrogen (secondary N) is 2. The molecule has 3 N–H and O–H groups in total. The number of nitrogens with zero attached hydrogens (tertiary/aromatic N) is 5. The molecule has 1 fully saturated rings. The number of para-hydroxylation sites is 2. The van der Waals surface area contributed by atoms with Gasteiger partial charge in [0.1, 0.15) is 26.3 Å². The molecule has 0 aliphatic carbocycles. The molecule has 0 bridgehead atoms. The van der Waals surface area contributed by atoms with E-state index in [4.69, 9.17) is 16.6 Å². The number of piperidine rings is 1. The second kappa shape index (κ2) is 12.5. The number of aromatic hydroxyl groups is 1. The summed E-state index contributed by atoms with van der Waals surface area (Å²) in [7, 11) is 0. The molecular formula is C38H38ClN7O2S2. The molecule has 2 aliphatic heterocycles. The highest BCUT2D eigenvalue weighted by atomic mass is 35.5. The van der Waals surface area contributed by atoms with Gasteiger partial charge in [0, 0.05) is 24.1 Å². The van der Waals surface area contributed by atoms with Crippen molar-refractivity contribution in [2.24, 2.45) is 5.41 Å². The highest BCUT2D eigenvalue weighted by molar-refractivity contribution is 7.22. The summed E-state index contributed by atoms with van der Waals surface area (Å²) in [4.78, 5) is 32.8. The Morgan fingerprint density at radius 2 is 1.76 bits per heavy atom. The third-order valence-electron chi connectivity index (χ3n) is 9.59. The maximum absolute atomic E-state index is 13.4. The smallest absolute Gasteiger partial charge is 0.325 e. The number of phenolic OH excluding ortho intramolecular Hbond substituents is 1. The average Bonchev–Trinajstić information content (AvgIpc) is 3.76. The Morgan fingerprint density at radius 1 is 0.960 bits per heavy atom.